The summed E-state index contributed by atoms with van der Waals surface area (Å²) in [6.45, 7) is 2.36. The van der Waals surface area contributed by atoms with Crippen LogP contribution in [0.2, 0.25) is 0 Å². The maximum Gasteiger partial charge on any atom is 0.251 e. The maximum atomic E-state index is 13.5. The molecule has 0 aliphatic heterocycles. The Morgan fingerprint density at radius 3 is 2.38 bits per heavy atom. The fourth-order valence-corrected chi connectivity index (χ4v) is 3.03. The smallest absolute Gasteiger partial charge is 0.251 e. The zero-order valence-electron chi connectivity index (χ0n) is 13.3. The largest absolute Gasteiger partial charge is 0.352 e. The lowest BCUT2D eigenvalue weighted by Crippen LogP contribution is -2.25. The molecule has 0 radical (unpaired) electrons. The van der Waals surface area contributed by atoms with Crippen molar-refractivity contribution >= 4 is 15.9 Å². The van der Waals surface area contributed by atoms with Gasteiger partial charge in [-0.05, 0) is 36.8 Å². The summed E-state index contributed by atoms with van der Waals surface area (Å²) in [5.41, 5.74) is 0.646. The van der Waals surface area contributed by atoms with Gasteiger partial charge in [-0.1, -0.05) is 25.1 Å². The van der Waals surface area contributed by atoms with Gasteiger partial charge in [-0.15, -0.1) is 0 Å². The third-order valence-electron chi connectivity index (χ3n) is 3.37. The molecular weight excluding hydrogens is 331 g/mol. The van der Waals surface area contributed by atoms with Crippen LogP contribution in [0.3, 0.4) is 0 Å². The van der Waals surface area contributed by atoms with E-state index in [9.17, 15) is 17.6 Å². The normalized spacial score (nSPS) is 11.2. The zero-order chi connectivity index (χ0) is 17.6. The van der Waals surface area contributed by atoms with E-state index in [1.54, 1.807) is 6.07 Å². The number of carbonyl (C=O) groups excluding carboxylic acids is 1. The van der Waals surface area contributed by atoms with E-state index in [1.807, 2.05) is 6.92 Å². The molecule has 0 aliphatic carbocycles. The van der Waals surface area contributed by atoms with Gasteiger partial charge in [0.25, 0.3) is 5.91 Å². The molecule has 0 bridgehead atoms. The van der Waals surface area contributed by atoms with Crippen LogP contribution in [0.15, 0.2) is 53.4 Å². The quantitative estimate of drug-likeness (QED) is 0.805. The molecule has 2 aromatic rings. The van der Waals surface area contributed by atoms with E-state index >= 15 is 0 Å². The number of rotatable bonds is 7. The first-order valence-electron chi connectivity index (χ1n) is 7.55. The minimum Gasteiger partial charge on any atom is -0.352 e. The van der Waals surface area contributed by atoms with Gasteiger partial charge in [0.15, 0.2) is 0 Å². The predicted octanol–water partition coefficient (Wildman–Crippen LogP) is 2.44. The van der Waals surface area contributed by atoms with Crippen LogP contribution < -0.4 is 10.0 Å². The van der Waals surface area contributed by atoms with Crippen molar-refractivity contribution < 1.29 is 17.6 Å². The fourth-order valence-electron chi connectivity index (χ4n) is 2.02. The fraction of sp³-hybridized carbons (Fsp3) is 0.235. The average molecular weight is 350 g/mol. The van der Waals surface area contributed by atoms with Crippen LogP contribution in [-0.2, 0) is 16.6 Å². The van der Waals surface area contributed by atoms with Crippen LogP contribution in [-0.4, -0.2) is 20.9 Å². The summed E-state index contributed by atoms with van der Waals surface area (Å²) in [5.74, 6) is -0.719. The molecule has 2 rings (SSSR count). The molecule has 0 aromatic heterocycles. The minimum absolute atomic E-state index is 0.0193. The number of nitrogens with one attached hydrogen (secondary N) is 2. The number of benzene rings is 2. The molecule has 0 saturated carbocycles. The minimum atomic E-state index is -3.78. The second-order valence-electron chi connectivity index (χ2n) is 5.20. The summed E-state index contributed by atoms with van der Waals surface area (Å²) in [6, 6.07) is 11.6. The summed E-state index contributed by atoms with van der Waals surface area (Å²) in [5, 5.41) is 2.71. The third kappa shape index (κ3) is 4.62. The SMILES string of the molecule is CCCNC(=O)c1ccc(S(=O)(=O)NCc2ccccc2F)cc1. The van der Waals surface area contributed by atoms with E-state index in [-0.39, 0.29) is 22.9 Å². The van der Waals surface area contributed by atoms with Gasteiger partial charge < -0.3 is 5.32 Å². The first-order chi connectivity index (χ1) is 11.4. The van der Waals surface area contributed by atoms with Crippen molar-refractivity contribution in [1.82, 2.24) is 10.0 Å². The highest BCUT2D eigenvalue weighted by Crippen LogP contribution is 2.12. The van der Waals surface area contributed by atoms with Crippen LogP contribution >= 0.6 is 0 Å². The summed E-state index contributed by atoms with van der Waals surface area (Å²) in [4.78, 5) is 11.8. The molecule has 0 atom stereocenters. The second kappa shape index (κ2) is 8.03. The molecule has 2 N–H and O–H groups in total. The van der Waals surface area contributed by atoms with Crippen LogP contribution in [0.5, 0.6) is 0 Å². The van der Waals surface area contributed by atoms with Gasteiger partial charge in [-0.25, -0.2) is 17.5 Å². The topological polar surface area (TPSA) is 75.3 Å². The molecular formula is C17H19FN2O3S. The van der Waals surface area contributed by atoms with Crippen molar-refractivity contribution in [3.05, 3.63) is 65.5 Å². The van der Waals surface area contributed by atoms with Crippen molar-refractivity contribution in [2.75, 3.05) is 6.54 Å². The Hall–Kier alpha value is -2.25. The number of halogens is 1. The van der Waals surface area contributed by atoms with Crippen molar-refractivity contribution in [1.29, 1.82) is 0 Å². The predicted molar refractivity (Wildman–Crippen MR) is 89.5 cm³/mol. The van der Waals surface area contributed by atoms with E-state index in [0.717, 1.165) is 6.42 Å². The Labute approximate surface area is 141 Å². The average Bonchev–Trinajstić information content (AvgIpc) is 2.59. The first-order valence-corrected chi connectivity index (χ1v) is 9.03. The Morgan fingerprint density at radius 1 is 1.08 bits per heavy atom. The maximum absolute atomic E-state index is 13.5. The summed E-state index contributed by atoms with van der Waals surface area (Å²) < 4.78 is 40.4. The molecule has 0 aliphatic rings. The molecule has 0 fully saturated rings. The van der Waals surface area contributed by atoms with E-state index in [2.05, 4.69) is 10.0 Å². The van der Waals surface area contributed by atoms with Gasteiger partial charge in [0.2, 0.25) is 10.0 Å². The Kier molecular flexibility index (Phi) is 6.05. The lowest BCUT2D eigenvalue weighted by atomic mass is 10.2. The highest BCUT2D eigenvalue weighted by molar-refractivity contribution is 7.89. The first kappa shape index (κ1) is 18.1. The van der Waals surface area contributed by atoms with Gasteiger partial charge in [-0.2, -0.15) is 0 Å². The van der Waals surface area contributed by atoms with Crippen molar-refractivity contribution in [2.24, 2.45) is 0 Å². The number of hydrogen-bond donors (Lipinski definition) is 2. The van der Waals surface area contributed by atoms with Crippen LogP contribution in [0, 0.1) is 5.82 Å². The monoisotopic (exact) mass is 350 g/mol. The molecule has 0 saturated heterocycles. The lowest BCUT2D eigenvalue weighted by Gasteiger charge is -2.08. The molecule has 0 unspecified atom stereocenters. The van der Waals surface area contributed by atoms with Crippen molar-refractivity contribution in [3.8, 4) is 0 Å². The van der Waals surface area contributed by atoms with Gasteiger partial charge in [-0.3, -0.25) is 4.79 Å². The Balaban J connectivity index is 2.07. The van der Waals surface area contributed by atoms with E-state index in [0.29, 0.717) is 12.1 Å². The van der Waals surface area contributed by atoms with Crippen LogP contribution in [0.4, 0.5) is 4.39 Å². The van der Waals surface area contributed by atoms with E-state index in [4.69, 9.17) is 0 Å². The summed E-state index contributed by atoms with van der Waals surface area (Å²) in [6.07, 6.45) is 0.818. The molecule has 5 nitrogen and oxygen atoms in total. The second-order valence-corrected chi connectivity index (χ2v) is 6.96. The molecule has 128 valence electrons. The molecule has 0 heterocycles. The van der Waals surface area contributed by atoms with Gasteiger partial charge >= 0.3 is 0 Å². The molecule has 1 amide bonds. The van der Waals surface area contributed by atoms with E-state index < -0.39 is 15.8 Å². The Morgan fingerprint density at radius 2 is 1.75 bits per heavy atom. The van der Waals surface area contributed by atoms with E-state index in [1.165, 1.54) is 42.5 Å². The number of hydrogen-bond acceptors (Lipinski definition) is 3. The van der Waals surface area contributed by atoms with Crippen molar-refractivity contribution in [2.45, 2.75) is 24.8 Å². The molecule has 2 aromatic carbocycles. The third-order valence-corrected chi connectivity index (χ3v) is 4.79. The summed E-state index contributed by atoms with van der Waals surface area (Å²) in [7, 11) is -3.78. The molecule has 24 heavy (non-hydrogen) atoms. The van der Waals surface area contributed by atoms with Crippen molar-refractivity contribution in [3.63, 3.8) is 0 Å². The van der Waals surface area contributed by atoms with Gasteiger partial charge in [0.05, 0.1) is 4.90 Å². The van der Waals surface area contributed by atoms with Gasteiger partial charge in [0.1, 0.15) is 5.82 Å². The number of sulfonamides is 1. The lowest BCUT2D eigenvalue weighted by molar-refractivity contribution is 0.0953. The van der Waals surface area contributed by atoms with Crippen LogP contribution in [0.25, 0.3) is 0 Å². The van der Waals surface area contributed by atoms with Crippen LogP contribution in [0.1, 0.15) is 29.3 Å². The standard InChI is InChI=1S/C17H19FN2O3S/c1-2-11-19-17(21)13-7-9-15(10-8-13)24(22,23)20-12-14-5-3-4-6-16(14)18/h3-10,20H,2,11-12H2,1H3,(H,19,21). The Bertz CT molecular complexity index is 805. The molecule has 7 heteroatoms. The highest BCUT2D eigenvalue weighted by Gasteiger charge is 2.15. The number of carbonyl (C=O) groups is 1. The number of amides is 1. The highest BCUT2D eigenvalue weighted by atomic mass is 32.2. The summed E-state index contributed by atoms with van der Waals surface area (Å²) >= 11 is 0. The van der Waals surface area contributed by atoms with Gasteiger partial charge in [0, 0.05) is 24.2 Å². The zero-order valence-corrected chi connectivity index (χ0v) is 14.1. The molecule has 0 spiro atoms.